The molecular weight excluding hydrogens is 390 g/mol. The summed E-state index contributed by atoms with van der Waals surface area (Å²) < 4.78 is 1.77. The number of hydrogen-bond acceptors (Lipinski definition) is 6. The van der Waals surface area contributed by atoms with Gasteiger partial charge in [-0.2, -0.15) is 5.10 Å². The zero-order chi connectivity index (χ0) is 20.1. The lowest BCUT2D eigenvalue weighted by molar-refractivity contribution is 0.103. The molecule has 3 N–H and O–H groups in total. The number of carbonyl (C=O) groups excluding carboxylic acids is 1. The van der Waals surface area contributed by atoms with Gasteiger partial charge in [0.1, 0.15) is 16.4 Å². The van der Waals surface area contributed by atoms with Gasteiger partial charge in [-0.25, -0.2) is 4.98 Å². The number of aryl methyl sites for hydroxylation is 2. The Morgan fingerprint density at radius 3 is 3.03 bits per heavy atom. The number of carbonyl (C=O) groups is 1. The molecule has 1 amide bonds. The molecule has 3 aromatic heterocycles. The SMILES string of the molecule is Cc1c(C(=O)Nc2n[nH]c3cc(O)ccc23)sc2nc3n(c(=O)c12)CCCCC3. The summed E-state index contributed by atoms with van der Waals surface area (Å²) in [5.41, 5.74) is 1.22. The van der Waals surface area contributed by atoms with E-state index in [1.807, 2.05) is 0 Å². The first-order valence-electron chi connectivity index (χ1n) is 9.54. The largest absolute Gasteiger partial charge is 0.508 e. The van der Waals surface area contributed by atoms with Gasteiger partial charge >= 0.3 is 0 Å². The summed E-state index contributed by atoms with van der Waals surface area (Å²) in [4.78, 5) is 31.8. The number of phenols is 1. The van der Waals surface area contributed by atoms with Gasteiger partial charge in [0, 0.05) is 24.4 Å². The first-order valence-corrected chi connectivity index (χ1v) is 10.4. The number of aromatic hydroxyl groups is 1. The van der Waals surface area contributed by atoms with Gasteiger partial charge in [-0.3, -0.25) is 19.3 Å². The number of thiophene rings is 1. The number of hydrogen-bond donors (Lipinski definition) is 3. The van der Waals surface area contributed by atoms with Crippen LogP contribution in [0.3, 0.4) is 0 Å². The molecular formula is C20H19N5O3S. The number of nitrogens with zero attached hydrogens (tertiary/aromatic N) is 3. The van der Waals surface area contributed by atoms with Gasteiger partial charge in [0.25, 0.3) is 11.5 Å². The van der Waals surface area contributed by atoms with Gasteiger partial charge in [-0.1, -0.05) is 6.42 Å². The number of benzene rings is 1. The van der Waals surface area contributed by atoms with Gasteiger partial charge in [0.05, 0.1) is 15.8 Å². The number of fused-ring (bicyclic) bond motifs is 3. The van der Waals surface area contributed by atoms with Crippen LogP contribution < -0.4 is 10.9 Å². The number of amides is 1. The predicted octanol–water partition coefficient (Wildman–Crippen LogP) is 3.33. The van der Waals surface area contributed by atoms with E-state index in [9.17, 15) is 14.7 Å². The molecule has 0 saturated heterocycles. The maximum Gasteiger partial charge on any atom is 0.267 e. The molecule has 0 saturated carbocycles. The van der Waals surface area contributed by atoms with E-state index in [-0.39, 0.29) is 17.2 Å². The average Bonchev–Trinajstić information content (AvgIpc) is 3.13. The fraction of sp³-hybridized carbons (Fsp3) is 0.300. The highest BCUT2D eigenvalue weighted by Gasteiger charge is 2.23. The number of aromatic amines is 1. The summed E-state index contributed by atoms with van der Waals surface area (Å²) in [6.07, 6.45) is 3.88. The molecule has 0 radical (unpaired) electrons. The smallest absolute Gasteiger partial charge is 0.267 e. The molecule has 1 aromatic carbocycles. The number of H-pyrrole nitrogens is 1. The maximum absolute atomic E-state index is 13.1. The van der Waals surface area contributed by atoms with Crippen LogP contribution in [0.5, 0.6) is 5.75 Å². The molecule has 1 aliphatic rings. The molecule has 4 aromatic rings. The first-order chi connectivity index (χ1) is 14.0. The molecule has 0 fully saturated rings. The van der Waals surface area contributed by atoms with Crippen LogP contribution in [-0.4, -0.2) is 30.8 Å². The van der Waals surface area contributed by atoms with E-state index >= 15 is 0 Å². The predicted molar refractivity (Wildman–Crippen MR) is 112 cm³/mol. The summed E-state index contributed by atoms with van der Waals surface area (Å²) in [6, 6.07) is 4.77. The lowest BCUT2D eigenvalue weighted by atomic mass is 10.2. The van der Waals surface area contributed by atoms with Crippen molar-refractivity contribution < 1.29 is 9.90 Å². The van der Waals surface area contributed by atoms with Gasteiger partial charge in [0.2, 0.25) is 0 Å². The Bertz CT molecular complexity index is 1330. The summed E-state index contributed by atoms with van der Waals surface area (Å²) >= 11 is 1.24. The van der Waals surface area contributed by atoms with E-state index in [0.29, 0.717) is 43.9 Å². The Morgan fingerprint density at radius 1 is 1.31 bits per heavy atom. The van der Waals surface area contributed by atoms with Crippen LogP contribution in [0, 0.1) is 6.92 Å². The van der Waals surface area contributed by atoms with E-state index in [4.69, 9.17) is 4.98 Å². The van der Waals surface area contributed by atoms with Crippen molar-refractivity contribution in [2.45, 2.75) is 39.2 Å². The van der Waals surface area contributed by atoms with Gasteiger partial charge in [0.15, 0.2) is 5.82 Å². The van der Waals surface area contributed by atoms with Crippen LogP contribution in [0.1, 0.15) is 40.3 Å². The lowest BCUT2D eigenvalue weighted by Crippen LogP contribution is -2.24. The van der Waals surface area contributed by atoms with E-state index in [2.05, 4.69) is 15.5 Å². The third-order valence-electron chi connectivity index (χ3n) is 5.40. The second-order valence-electron chi connectivity index (χ2n) is 7.29. The Labute approximate surface area is 169 Å². The molecule has 1 aliphatic heterocycles. The van der Waals surface area contributed by atoms with Crippen molar-refractivity contribution in [3.8, 4) is 5.75 Å². The molecule has 29 heavy (non-hydrogen) atoms. The van der Waals surface area contributed by atoms with Crippen molar-refractivity contribution >= 4 is 44.2 Å². The minimum absolute atomic E-state index is 0.0552. The van der Waals surface area contributed by atoms with Crippen LogP contribution in [-0.2, 0) is 13.0 Å². The summed E-state index contributed by atoms with van der Waals surface area (Å²) in [7, 11) is 0. The average molecular weight is 409 g/mol. The van der Waals surface area contributed by atoms with E-state index in [1.165, 1.54) is 17.4 Å². The number of anilines is 1. The monoisotopic (exact) mass is 409 g/mol. The zero-order valence-electron chi connectivity index (χ0n) is 15.8. The molecule has 5 rings (SSSR count). The Hall–Kier alpha value is -3.20. The number of nitrogens with one attached hydrogen (secondary N) is 2. The second kappa shape index (κ2) is 6.70. The van der Waals surface area contributed by atoms with Crippen molar-refractivity contribution in [3.63, 3.8) is 0 Å². The Kier molecular flexibility index (Phi) is 4.13. The summed E-state index contributed by atoms with van der Waals surface area (Å²) in [5, 5.41) is 20.5. The fourth-order valence-electron chi connectivity index (χ4n) is 3.89. The first kappa shape index (κ1) is 17.9. The molecule has 0 bridgehead atoms. The van der Waals surface area contributed by atoms with E-state index < -0.39 is 0 Å². The van der Waals surface area contributed by atoms with Gasteiger partial charge in [-0.05, 0) is 37.5 Å². The molecule has 0 spiro atoms. The van der Waals surface area contributed by atoms with Crippen molar-refractivity contribution in [1.29, 1.82) is 0 Å². The van der Waals surface area contributed by atoms with Crippen molar-refractivity contribution in [3.05, 3.63) is 44.8 Å². The summed E-state index contributed by atoms with van der Waals surface area (Å²) in [6.45, 7) is 2.47. The molecule has 8 nitrogen and oxygen atoms in total. The van der Waals surface area contributed by atoms with Crippen molar-refractivity contribution in [1.82, 2.24) is 19.7 Å². The number of phenolic OH excluding ortho intramolecular Hbond substituents is 1. The van der Waals surface area contributed by atoms with Crippen LogP contribution in [0.15, 0.2) is 23.0 Å². The van der Waals surface area contributed by atoms with E-state index in [1.54, 1.807) is 23.6 Å². The third kappa shape index (κ3) is 2.89. The summed E-state index contributed by atoms with van der Waals surface area (Å²) in [5.74, 6) is 0.978. The Morgan fingerprint density at radius 2 is 2.17 bits per heavy atom. The van der Waals surface area contributed by atoms with Crippen molar-refractivity contribution in [2.24, 2.45) is 0 Å². The highest BCUT2D eigenvalue weighted by atomic mass is 32.1. The van der Waals surface area contributed by atoms with Gasteiger partial charge in [-0.15, -0.1) is 11.3 Å². The molecule has 0 atom stereocenters. The third-order valence-corrected chi connectivity index (χ3v) is 6.58. The van der Waals surface area contributed by atoms with E-state index in [0.717, 1.165) is 31.5 Å². The highest BCUT2D eigenvalue weighted by molar-refractivity contribution is 7.20. The Balaban J connectivity index is 1.56. The highest BCUT2D eigenvalue weighted by Crippen LogP contribution is 2.30. The zero-order valence-corrected chi connectivity index (χ0v) is 16.6. The van der Waals surface area contributed by atoms with Crippen LogP contribution in [0.25, 0.3) is 21.1 Å². The van der Waals surface area contributed by atoms with Crippen LogP contribution >= 0.6 is 11.3 Å². The van der Waals surface area contributed by atoms with Crippen molar-refractivity contribution in [2.75, 3.05) is 5.32 Å². The standard InChI is InChI=1S/C20H19N5O3S/c1-10-15-19(21-14-5-3-2-4-8-25(14)20(15)28)29-16(10)18(27)22-17-12-7-6-11(26)9-13(12)23-24-17/h6-7,9,26H,2-5,8H2,1H3,(H2,22,23,24,27). The molecule has 0 unspecified atom stereocenters. The van der Waals surface area contributed by atoms with Crippen LogP contribution in [0.2, 0.25) is 0 Å². The molecule has 9 heteroatoms. The topological polar surface area (TPSA) is 113 Å². The number of rotatable bonds is 2. The van der Waals surface area contributed by atoms with Gasteiger partial charge < -0.3 is 10.4 Å². The quantitative estimate of drug-likeness (QED) is 0.470. The lowest BCUT2D eigenvalue weighted by Gasteiger charge is -2.08. The minimum atomic E-state index is -0.327. The fourth-order valence-corrected chi connectivity index (χ4v) is 4.98. The maximum atomic E-state index is 13.1. The minimum Gasteiger partial charge on any atom is -0.508 e. The molecule has 4 heterocycles. The van der Waals surface area contributed by atoms with Crippen LogP contribution in [0.4, 0.5) is 5.82 Å². The molecule has 0 aliphatic carbocycles. The second-order valence-corrected chi connectivity index (χ2v) is 8.29. The molecule has 148 valence electrons. The normalized spacial score (nSPS) is 14.1. The number of aromatic nitrogens is 4.